The van der Waals surface area contributed by atoms with Gasteiger partial charge >= 0.3 is 0 Å². The molecule has 2 aromatic rings. The predicted molar refractivity (Wildman–Crippen MR) is 101 cm³/mol. The van der Waals surface area contributed by atoms with Gasteiger partial charge in [-0.05, 0) is 43.7 Å². The second-order valence-electron chi connectivity index (χ2n) is 6.58. The topological polar surface area (TPSA) is 57.7 Å². The maximum absolute atomic E-state index is 12.8. The Balaban J connectivity index is 1.87. The third-order valence-electron chi connectivity index (χ3n) is 4.68. The van der Waals surface area contributed by atoms with E-state index in [9.17, 15) is 14.4 Å². The summed E-state index contributed by atoms with van der Waals surface area (Å²) in [5.74, 6) is -0.806. The zero-order valence-corrected chi connectivity index (χ0v) is 15.3. The second-order valence-corrected chi connectivity index (χ2v) is 6.58. The highest BCUT2D eigenvalue weighted by atomic mass is 16.2. The molecule has 3 amide bonds. The molecule has 0 bridgehead atoms. The number of hydrogen-bond donors (Lipinski definition) is 0. The van der Waals surface area contributed by atoms with Gasteiger partial charge in [0, 0.05) is 24.8 Å². The van der Waals surface area contributed by atoms with Gasteiger partial charge in [-0.2, -0.15) is 0 Å². The van der Waals surface area contributed by atoms with Crippen LogP contribution in [0.15, 0.2) is 42.5 Å². The number of hydrogen-bond acceptors (Lipinski definition) is 3. The quantitative estimate of drug-likeness (QED) is 0.773. The van der Waals surface area contributed by atoms with Gasteiger partial charge in [-0.15, -0.1) is 0 Å². The van der Waals surface area contributed by atoms with Crippen LogP contribution in [0.4, 0.5) is 5.69 Å². The molecule has 1 aliphatic heterocycles. The molecule has 134 valence electrons. The number of carbonyl (C=O) groups excluding carboxylic acids is 3. The molecule has 0 atom stereocenters. The van der Waals surface area contributed by atoms with Crippen molar-refractivity contribution in [3.63, 3.8) is 0 Å². The van der Waals surface area contributed by atoms with Crippen LogP contribution in [0.1, 0.15) is 56.4 Å². The minimum absolute atomic E-state index is 0.219. The number of rotatable bonds is 5. The highest BCUT2D eigenvalue weighted by Gasteiger charge is 2.35. The molecule has 0 spiro atoms. The Bertz CT molecular complexity index is 871. The molecular weight excluding hydrogens is 328 g/mol. The van der Waals surface area contributed by atoms with Gasteiger partial charge in [-0.3, -0.25) is 19.3 Å². The number of carbonyl (C=O) groups is 3. The number of amides is 3. The van der Waals surface area contributed by atoms with Crippen LogP contribution in [-0.2, 0) is 0 Å². The molecule has 0 radical (unpaired) electrons. The Morgan fingerprint density at radius 3 is 2.31 bits per heavy atom. The minimum atomic E-state index is -0.314. The summed E-state index contributed by atoms with van der Waals surface area (Å²) in [4.78, 5) is 40.5. The Kier molecular flexibility index (Phi) is 4.89. The third-order valence-corrected chi connectivity index (χ3v) is 4.68. The minimum Gasteiger partial charge on any atom is -0.311 e. The molecule has 0 fully saturated rings. The van der Waals surface area contributed by atoms with Gasteiger partial charge < -0.3 is 4.90 Å². The number of nitrogens with zero attached hydrogens (tertiary/aromatic N) is 2. The number of aryl methyl sites for hydroxylation is 1. The van der Waals surface area contributed by atoms with Crippen molar-refractivity contribution in [1.29, 1.82) is 0 Å². The van der Waals surface area contributed by atoms with E-state index in [1.54, 1.807) is 19.2 Å². The smallest absolute Gasteiger partial charge is 0.261 e. The van der Waals surface area contributed by atoms with E-state index in [2.05, 4.69) is 0 Å². The predicted octanol–water partition coefficient (Wildman–Crippen LogP) is 3.67. The fourth-order valence-electron chi connectivity index (χ4n) is 3.02. The van der Waals surface area contributed by atoms with Crippen LogP contribution < -0.4 is 4.90 Å². The average molecular weight is 350 g/mol. The Labute approximate surface area is 153 Å². The van der Waals surface area contributed by atoms with Crippen LogP contribution in [0, 0.1) is 6.92 Å². The molecule has 26 heavy (non-hydrogen) atoms. The standard InChI is InChI=1S/C21H22N2O3/c1-4-5-12-23-20(25)17-11-8-15(13-18(17)21(23)26)19(24)22(3)16-9-6-14(2)7-10-16/h6-11,13H,4-5,12H2,1-3H3. The first-order valence-corrected chi connectivity index (χ1v) is 8.79. The van der Waals surface area contributed by atoms with Crippen LogP contribution in [-0.4, -0.2) is 36.2 Å². The molecule has 3 rings (SSSR count). The summed E-state index contributed by atoms with van der Waals surface area (Å²) in [5, 5.41) is 0. The maximum Gasteiger partial charge on any atom is 0.261 e. The van der Waals surface area contributed by atoms with Gasteiger partial charge in [0.15, 0.2) is 0 Å². The highest BCUT2D eigenvalue weighted by molar-refractivity contribution is 6.22. The van der Waals surface area contributed by atoms with E-state index in [1.807, 2.05) is 38.1 Å². The van der Waals surface area contributed by atoms with Gasteiger partial charge in [0.2, 0.25) is 0 Å². The number of unbranched alkanes of at least 4 members (excludes halogenated alkanes) is 1. The molecule has 0 unspecified atom stereocenters. The fraction of sp³-hybridized carbons (Fsp3) is 0.286. The largest absolute Gasteiger partial charge is 0.311 e. The zero-order valence-electron chi connectivity index (χ0n) is 15.3. The number of imide groups is 1. The summed E-state index contributed by atoms with van der Waals surface area (Å²) in [5.41, 5.74) is 2.97. The van der Waals surface area contributed by atoms with E-state index in [4.69, 9.17) is 0 Å². The van der Waals surface area contributed by atoms with Crippen molar-refractivity contribution in [2.75, 3.05) is 18.5 Å². The van der Waals surface area contributed by atoms with Crippen LogP contribution in [0.3, 0.4) is 0 Å². The summed E-state index contributed by atoms with van der Waals surface area (Å²) < 4.78 is 0. The number of fused-ring (bicyclic) bond motifs is 1. The zero-order chi connectivity index (χ0) is 18.8. The molecular formula is C21H22N2O3. The lowest BCUT2D eigenvalue weighted by Gasteiger charge is -2.18. The normalized spacial score (nSPS) is 13.1. The Morgan fingerprint density at radius 2 is 1.65 bits per heavy atom. The van der Waals surface area contributed by atoms with Gasteiger partial charge in [0.1, 0.15) is 0 Å². The van der Waals surface area contributed by atoms with Gasteiger partial charge in [-0.25, -0.2) is 0 Å². The molecule has 0 saturated heterocycles. The van der Waals surface area contributed by atoms with Crippen molar-refractivity contribution in [2.45, 2.75) is 26.7 Å². The van der Waals surface area contributed by atoms with E-state index in [0.717, 1.165) is 24.1 Å². The van der Waals surface area contributed by atoms with E-state index >= 15 is 0 Å². The van der Waals surface area contributed by atoms with Crippen LogP contribution >= 0.6 is 0 Å². The van der Waals surface area contributed by atoms with E-state index in [1.165, 1.54) is 15.9 Å². The molecule has 2 aromatic carbocycles. The summed E-state index contributed by atoms with van der Waals surface area (Å²) in [6.45, 7) is 4.41. The van der Waals surface area contributed by atoms with Gasteiger partial charge in [0.05, 0.1) is 11.1 Å². The fourth-order valence-corrected chi connectivity index (χ4v) is 3.02. The van der Waals surface area contributed by atoms with E-state index in [0.29, 0.717) is 23.2 Å². The van der Waals surface area contributed by atoms with Crippen LogP contribution in [0.2, 0.25) is 0 Å². The van der Waals surface area contributed by atoms with Crippen molar-refractivity contribution >= 4 is 23.4 Å². The van der Waals surface area contributed by atoms with Gasteiger partial charge in [0.25, 0.3) is 17.7 Å². The number of anilines is 1. The summed E-state index contributed by atoms with van der Waals surface area (Å²) in [6.07, 6.45) is 1.67. The first-order chi connectivity index (χ1) is 12.4. The molecule has 0 N–H and O–H groups in total. The van der Waals surface area contributed by atoms with Crippen LogP contribution in [0.25, 0.3) is 0 Å². The summed E-state index contributed by atoms with van der Waals surface area (Å²) in [7, 11) is 1.70. The van der Waals surface area contributed by atoms with Crippen molar-refractivity contribution < 1.29 is 14.4 Å². The molecule has 5 nitrogen and oxygen atoms in total. The van der Waals surface area contributed by atoms with Gasteiger partial charge in [-0.1, -0.05) is 31.0 Å². The molecule has 5 heteroatoms. The molecule has 1 heterocycles. The Hall–Kier alpha value is -2.95. The molecule has 0 aromatic heterocycles. The Morgan fingerprint density at radius 1 is 1.00 bits per heavy atom. The van der Waals surface area contributed by atoms with Crippen LogP contribution in [0.5, 0.6) is 0 Å². The lowest BCUT2D eigenvalue weighted by Crippen LogP contribution is -2.30. The molecule has 1 aliphatic rings. The first-order valence-electron chi connectivity index (χ1n) is 8.79. The monoisotopic (exact) mass is 350 g/mol. The maximum atomic E-state index is 12.8. The number of benzene rings is 2. The van der Waals surface area contributed by atoms with E-state index in [-0.39, 0.29) is 17.7 Å². The van der Waals surface area contributed by atoms with Crippen molar-refractivity contribution in [2.24, 2.45) is 0 Å². The lowest BCUT2D eigenvalue weighted by atomic mass is 10.0. The second kappa shape index (κ2) is 7.12. The first kappa shape index (κ1) is 17.9. The SMILES string of the molecule is CCCCN1C(=O)c2ccc(C(=O)N(C)c3ccc(C)cc3)cc2C1=O. The third kappa shape index (κ3) is 3.12. The van der Waals surface area contributed by atoms with Crippen molar-refractivity contribution in [3.05, 3.63) is 64.7 Å². The summed E-state index contributed by atoms with van der Waals surface area (Å²) >= 11 is 0. The summed E-state index contributed by atoms with van der Waals surface area (Å²) in [6, 6.07) is 12.4. The van der Waals surface area contributed by atoms with Crippen molar-refractivity contribution in [1.82, 2.24) is 4.90 Å². The van der Waals surface area contributed by atoms with Crippen molar-refractivity contribution in [3.8, 4) is 0 Å². The molecule has 0 saturated carbocycles. The highest BCUT2D eigenvalue weighted by Crippen LogP contribution is 2.25. The lowest BCUT2D eigenvalue weighted by molar-refractivity contribution is 0.0652. The van der Waals surface area contributed by atoms with E-state index < -0.39 is 0 Å². The molecule has 0 aliphatic carbocycles. The average Bonchev–Trinajstić information content (AvgIpc) is 2.89.